The Labute approximate surface area is 161 Å². The maximum Gasteiger partial charge on any atom is 0.191 e. The van der Waals surface area contributed by atoms with Crippen LogP contribution in [0.4, 0.5) is 4.39 Å². The molecule has 1 aliphatic rings. The number of nitrogens with one attached hydrogen (secondary N) is 2. The minimum absolute atomic E-state index is 0. The summed E-state index contributed by atoms with van der Waals surface area (Å²) in [6, 6.07) is 6.72. The number of rotatable bonds is 7. The van der Waals surface area contributed by atoms with Crippen molar-refractivity contribution in [3.05, 3.63) is 35.6 Å². The van der Waals surface area contributed by atoms with Gasteiger partial charge in [-0.3, -0.25) is 9.89 Å². The van der Waals surface area contributed by atoms with E-state index < -0.39 is 0 Å². The Hall–Kier alpha value is -0.930. The third kappa shape index (κ3) is 8.25. The molecular weight excluding hydrogens is 422 g/mol. The van der Waals surface area contributed by atoms with E-state index in [0.29, 0.717) is 0 Å². The van der Waals surface area contributed by atoms with Crippen LogP contribution in [0.5, 0.6) is 0 Å². The third-order valence-electron chi connectivity index (χ3n) is 3.73. The molecule has 0 saturated carbocycles. The Morgan fingerprint density at radius 2 is 2.08 bits per heavy atom. The molecule has 24 heavy (non-hydrogen) atoms. The molecule has 5 nitrogen and oxygen atoms in total. The first-order valence-corrected chi connectivity index (χ1v) is 8.34. The van der Waals surface area contributed by atoms with E-state index in [1.807, 2.05) is 13.0 Å². The Balaban J connectivity index is 0.00000288. The summed E-state index contributed by atoms with van der Waals surface area (Å²) in [5.74, 6) is 0.630. The number of halogens is 2. The standard InChI is InChI=1S/C17H27FN4O.HI/c1-2-19-17(21-8-9-22-10-12-23-13-11-22)20-7-6-15-4-3-5-16(18)14-15;/h3-5,14H,2,6-13H2,1H3,(H2,19,20,21);1H. The fraction of sp³-hybridized carbons (Fsp3) is 0.588. The van der Waals surface area contributed by atoms with Crippen molar-refractivity contribution in [1.29, 1.82) is 0 Å². The first-order chi connectivity index (χ1) is 11.3. The molecule has 1 aliphatic heterocycles. The normalized spacial score (nSPS) is 15.7. The average molecular weight is 450 g/mol. The lowest BCUT2D eigenvalue weighted by Crippen LogP contribution is -2.40. The Morgan fingerprint density at radius 3 is 2.79 bits per heavy atom. The molecular formula is C17H28FIN4O. The van der Waals surface area contributed by atoms with E-state index in [2.05, 4.69) is 20.5 Å². The maximum atomic E-state index is 13.1. The first-order valence-electron chi connectivity index (χ1n) is 8.34. The summed E-state index contributed by atoms with van der Waals surface area (Å²) in [6.45, 7) is 8.91. The zero-order valence-electron chi connectivity index (χ0n) is 14.3. The fourth-order valence-electron chi connectivity index (χ4n) is 2.49. The maximum absolute atomic E-state index is 13.1. The number of aliphatic imine (C=N–C) groups is 1. The Bertz CT molecular complexity index is 495. The number of guanidine groups is 1. The monoisotopic (exact) mass is 450 g/mol. The van der Waals surface area contributed by atoms with Gasteiger partial charge in [0.05, 0.1) is 19.8 Å². The van der Waals surface area contributed by atoms with E-state index in [9.17, 15) is 4.39 Å². The van der Waals surface area contributed by atoms with Crippen LogP contribution in [0.2, 0.25) is 0 Å². The van der Waals surface area contributed by atoms with Gasteiger partial charge in [0.1, 0.15) is 5.82 Å². The molecule has 1 heterocycles. The number of nitrogens with zero attached hydrogens (tertiary/aromatic N) is 2. The summed E-state index contributed by atoms with van der Waals surface area (Å²) in [4.78, 5) is 6.96. The number of hydrogen-bond acceptors (Lipinski definition) is 3. The average Bonchev–Trinajstić information content (AvgIpc) is 2.56. The molecule has 0 aliphatic carbocycles. The van der Waals surface area contributed by atoms with Crippen molar-refractivity contribution in [3.63, 3.8) is 0 Å². The van der Waals surface area contributed by atoms with E-state index in [4.69, 9.17) is 4.74 Å². The smallest absolute Gasteiger partial charge is 0.191 e. The van der Waals surface area contributed by atoms with Gasteiger partial charge in [-0.1, -0.05) is 12.1 Å². The van der Waals surface area contributed by atoms with Crippen molar-refractivity contribution < 1.29 is 9.13 Å². The molecule has 2 rings (SSSR count). The minimum atomic E-state index is -0.186. The highest BCUT2D eigenvalue weighted by atomic mass is 127. The molecule has 136 valence electrons. The van der Waals surface area contributed by atoms with Gasteiger partial charge < -0.3 is 15.4 Å². The van der Waals surface area contributed by atoms with Crippen LogP contribution in [0.1, 0.15) is 12.5 Å². The number of ether oxygens (including phenoxy) is 1. The lowest BCUT2D eigenvalue weighted by Gasteiger charge is -2.25. The van der Waals surface area contributed by atoms with E-state index in [1.54, 1.807) is 12.1 Å². The zero-order valence-corrected chi connectivity index (χ0v) is 16.6. The van der Waals surface area contributed by atoms with E-state index in [1.165, 1.54) is 6.07 Å². The van der Waals surface area contributed by atoms with Crippen molar-refractivity contribution in [2.45, 2.75) is 13.3 Å². The quantitative estimate of drug-likeness (QED) is 0.379. The number of hydrogen-bond donors (Lipinski definition) is 2. The van der Waals surface area contributed by atoms with E-state index in [-0.39, 0.29) is 29.8 Å². The molecule has 1 saturated heterocycles. The lowest BCUT2D eigenvalue weighted by atomic mass is 10.1. The Kier molecular flexibility index (Phi) is 10.9. The van der Waals surface area contributed by atoms with Gasteiger partial charge in [-0.05, 0) is 31.0 Å². The molecule has 0 unspecified atom stereocenters. The van der Waals surface area contributed by atoms with Gasteiger partial charge in [-0.25, -0.2) is 4.39 Å². The summed E-state index contributed by atoms with van der Waals surface area (Å²) in [5.41, 5.74) is 0.988. The van der Waals surface area contributed by atoms with Crippen molar-refractivity contribution >= 4 is 29.9 Å². The van der Waals surface area contributed by atoms with Gasteiger partial charge in [-0.15, -0.1) is 24.0 Å². The first kappa shape index (κ1) is 21.1. The minimum Gasteiger partial charge on any atom is -0.379 e. The highest BCUT2D eigenvalue weighted by molar-refractivity contribution is 14.0. The highest BCUT2D eigenvalue weighted by Gasteiger charge is 2.09. The van der Waals surface area contributed by atoms with Gasteiger partial charge >= 0.3 is 0 Å². The molecule has 7 heteroatoms. The van der Waals surface area contributed by atoms with Crippen LogP contribution in [0.25, 0.3) is 0 Å². The van der Waals surface area contributed by atoms with Crippen LogP contribution in [-0.4, -0.2) is 63.3 Å². The third-order valence-corrected chi connectivity index (χ3v) is 3.73. The predicted molar refractivity (Wildman–Crippen MR) is 107 cm³/mol. The molecule has 0 atom stereocenters. The second kappa shape index (κ2) is 12.4. The molecule has 0 radical (unpaired) electrons. The molecule has 0 bridgehead atoms. The molecule has 1 aromatic rings. The van der Waals surface area contributed by atoms with Crippen molar-refractivity contribution in [2.75, 3.05) is 52.5 Å². The SMILES string of the molecule is CCNC(=NCCN1CCOCC1)NCCc1cccc(F)c1.I. The summed E-state index contributed by atoms with van der Waals surface area (Å²) >= 11 is 0. The fourth-order valence-corrected chi connectivity index (χ4v) is 2.49. The molecule has 2 N–H and O–H groups in total. The second-order valence-corrected chi connectivity index (χ2v) is 5.52. The lowest BCUT2D eigenvalue weighted by molar-refractivity contribution is 0.0394. The van der Waals surface area contributed by atoms with E-state index >= 15 is 0 Å². The second-order valence-electron chi connectivity index (χ2n) is 5.52. The largest absolute Gasteiger partial charge is 0.379 e. The van der Waals surface area contributed by atoms with Gasteiger partial charge in [0, 0.05) is 32.7 Å². The Morgan fingerprint density at radius 1 is 1.29 bits per heavy atom. The molecule has 0 amide bonds. The van der Waals surface area contributed by atoms with Gasteiger partial charge in [0.25, 0.3) is 0 Å². The highest BCUT2D eigenvalue weighted by Crippen LogP contribution is 2.03. The van der Waals surface area contributed by atoms with E-state index in [0.717, 1.165) is 70.4 Å². The molecule has 1 aromatic carbocycles. The number of benzene rings is 1. The molecule has 1 fully saturated rings. The predicted octanol–water partition coefficient (Wildman–Crippen LogP) is 1.87. The van der Waals surface area contributed by atoms with Gasteiger partial charge in [-0.2, -0.15) is 0 Å². The van der Waals surface area contributed by atoms with Crippen molar-refractivity contribution in [3.8, 4) is 0 Å². The van der Waals surface area contributed by atoms with Crippen LogP contribution < -0.4 is 10.6 Å². The summed E-state index contributed by atoms with van der Waals surface area (Å²) in [6.07, 6.45) is 0.769. The summed E-state index contributed by atoms with van der Waals surface area (Å²) in [7, 11) is 0. The van der Waals surface area contributed by atoms with Crippen molar-refractivity contribution in [2.24, 2.45) is 4.99 Å². The summed E-state index contributed by atoms with van der Waals surface area (Å²) < 4.78 is 18.5. The topological polar surface area (TPSA) is 48.9 Å². The molecule has 0 spiro atoms. The van der Waals surface area contributed by atoms with Crippen LogP contribution in [0.15, 0.2) is 29.3 Å². The number of morpholine rings is 1. The molecule has 0 aromatic heterocycles. The van der Waals surface area contributed by atoms with Crippen LogP contribution in [-0.2, 0) is 11.2 Å². The zero-order chi connectivity index (χ0) is 16.3. The van der Waals surface area contributed by atoms with Crippen LogP contribution in [0, 0.1) is 5.82 Å². The van der Waals surface area contributed by atoms with Gasteiger partial charge in [0.2, 0.25) is 0 Å². The summed E-state index contributed by atoms with van der Waals surface area (Å²) in [5, 5.41) is 6.54. The van der Waals surface area contributed by atoms with Crippen LogP contribution >= 0.6 is 24.0 Å². The van der Waals surface area contributed by atoms with Crippen LogP contribution in [0.3, 0.4) is 0 Å². The van der Waals surface area contributed by atoms with Crippen molar-refractivity contribution in [1.82, 2.24) is 15.5 Å². The van der Waals surface area contributed by atoms with Gasteiger partial charge in [0.15, 0.2) is 5.96 Å².